The van der Waals surface area contributed by atoms with Gasteiger partial charge in [-0.05, 0) is 74.4 Å². The Hall–Kier alpha value is -0.860. The molecule has 110 valence electrons. The van der Waals surface area contributed by atoms with E-state index in [0.717, 1.165) is 32.4 Å². The molecule has 20 heavy (non-hydrogen) atoms. The average molecular weight is 273 g/mol. The van der Waals surface area contributed by atoms with Gasteiger partial charge in [-0.15, -0.1) is 0 Å². The van der Waals surface area contributed by atoms with E-state index in [0.29, 0.717) is 5.92 Å². The Labute approximate surface area is 122 Å². The summed E-state index contributed by atoms with van der Waals surface area (Å²) < 4.78 is 0. The van der Waals surface area contributed by atoms with Gasteiger partial charge < -0.3 is 10.4 Å². The van der Waals surface area contributed by atoms with Crippen molar-refractivity contribution in [2.75, 3.05) is 13.1 Å². The number of fused-ring (bicyclic) bond motifs is 1. The Morgan fingerprint density at radius 1 is 1.10 bits per heavy atom. The van der Waals surface area contributed by atoms with Gasteiger partial charge in [-0.1, -0.05) is 26.0 Å². The second-order valence-corrected chi connectivity index (χ2v) is 7.44. The molecule has 3 rings (SSSR count). The zero-order valence-corrected chi connectivity index (χ0v) is 13.2. The summed E-state index contributed by atoms with van der Waals surface area (Å²) in [5.74, 6) is 0.377. The van der Waals surface area contributed by atoms with Gasteiger partial charge in [0.05, 0.1) is 5.60 Å². The van der Waals surface area contributed by atoms with Gasteiger partial charge in [-0.2, -0.15) is 0 Å². The maximum Gasteiger partial charge on any atom is 0.0981 e. The molecular weight excluding hydrogens is 246 g/mol. The fourth-order valence-corrected chi connectivity index (χ4v) is 4.36. The molecule has 1 heterocycles. The van der Waals surface area contributed by atoms with Gasteiger partial charge in [0.25, 0.3) is 0 Å². The molecule has 2 heteroatoms. The minimum atomic E-state index is -0.664. The second kappa shape index (κ2) is 4.57. The highest BCUT2D eigenvalue weighted by Gasteiger charge is 2.55. The van der Waals surface area contributed by atoms with Crippen molar-refractivity contribution in [2.24, 2.45) is 11.3 Å². The van der Waals surface area contributed by atoms with Crippen molar-refractivity contribution in [3.8, 4) is 0 Å². The van der Waals surface area contributed by atoms with E-state index in [1.807, 2.05) is 0 Å². The molecule has 1 unspecified atom stereocenters. The molecular formula is C18H27NO. The van der Waals surface area contributed by atoms with E-state index in [4.69, 9.17) is 0 Å². The molecule has 1 aliphatic heterocycles. The Morgan fingerprint density at radius 2 is 1.70 bits per heavy atom. The number of nitrogens with one attached hydrogen (secondary N) is 1. The maximum atomic E-state index is 11.7. The molecule has 0 radical (unpaired) electrons. The van der Waals surface area contributed by atoms with E-state index in [1.54, 1.807) is 0 Å². The first-order valence-corrected chi connectivity index (χ1v) is 7.90. The lowest BCUT2D eigenvalue weighted by Gasteiger charge is -2.45. The summed E-state index contributed by atoms with van der Waals surface area (Å²) in [4.78, 5) is 0. The van der Waals surface area contributed by atoms with Crippen LogP contribution in [0.25, 0.3) is 0 Å². The zero-order valence-electron chi connectivity index (χ0n) is 13.2. The molecule has 1 aliphatic carbocycles. The van der Waals surface area contributed by atoms with Crippen molar-refractivity contribution >= 4 is 0 Å². The molecule has 1 fully saturated rings. The summed E-state index contributed by atoms with van der Waals surface area (Å²) in [6.07, 6.45) is 3.14. The van der Waals surface area contributed by atoms with Crippen molar-refractivity contribution in [1.29, 1.82) is 0 Å². The third-order valence-corrected chi connectivity index (χ3v) is 5.72. The van der Waals surface area contributed by atoms with Crippen LogP contribution in [0.15, 0.2) is 12.1 Å². The lowest BCUT2D eigenvalue weighted by molar-refractivity contribution is -0.115. The first-order valence-electron chi connectivity index (χ1n) is 7.90. The standard InChI is InChI=1S/C18H27NO/c1-12-9-14-11-17(3,4)18(20,16(14)10-13(12)2)15-5-7-19-8-6-15/h9-10,15,19-20H,5-8,11H2,1-4H3. The zero-order chi connectivity index (χ0) is 14.5. The van der Waals surface area contributed by atoms with Crippen LogP contribution in [-0.4, -0.2) is 18.2 Å². The Morgan fingerprint density at radius 3 is 2.35 bits per heavy atom. The number of hydrogen-bond donors (Lipinski definition) is 2. The SMILES string of the molecule is Cc1cc2c(cc1C)C(O)(C1CCNCC1)C(C)(C)C2. The van der Waals surface area contributed by atoms with Gasteiger partial charge in [0.2, 0.25) is 0 Å². The van der Waals surface area contributed by atoms with Crippen LogP contribution < -0.4 is 5.32 Å². The quantitative estimate of drug-likeness (QED) is 0.824. The van der Waals surface area contributed by atoms with Gasteiger partial charge in [0.15, 0.2) is 0 Å². The number of aliphatic hydroxyl groups is 1. The number of hydrogen-bond acceptors (Lipinski definition) is 2. The highest BCUT2D eigenvalue weighted by molar-refractivity contribution is 5.46. The van der Waals surface area contributed by atoms with Gasteiger partial charge in [0, 0.05) is 5.41 Å². The first-order chi connectivity index (χ1) is 9.36. The molecule has 2 aliphatic rings. The van der Waals surface area contributed by atoms with Crippen LogP contribution in [0.3, 0.4) is 0 Å². The summed E-state index contributed by atoms with van der Waals surface area (Å²) in [6.45, 7) is 10.9. The van der Waals surface area contributed by atoms with Gasteiger partial charge in [-0.25, -0.2) is 0 Å². The van der Waals surface area contributed by atoms with Crippen LogP contribution in [0.1, 0.15) is 48.9 Å². The van der Waals surface area contributed by atoms with E-state index < -0.39 is 5.60 Å². The summed E-state index contributed by atoms with van der Waals surface area (Å²) in [5, 5.41) is 15.1. The molecule has 1 aromatic rings. The van der Waals surface area contributed by atoms with Gasteiger partial charge >= 0.3 is 0 Å². The van der Waals surface area contributed by atoms with Crippen molar-refractivity contribution in [3.05, 3.63) is 34.4 Å². The van der Waals surface area contributed by atoms with Crippen LogP contribution in [0.5, 0.6) is 0 Å². The number of benzene rings is 1. The minimum absolute atomic E-state index is 0.0719. The summed E-state index contributed by atoms with van der Waals surface area (Å²) in [7, 11) is 0. The van der Waals surface area contributed by atoms with Crippen LogP contribution >= 0.6 is 0 Å². The molecule has 1 aromatic carbocycles. The summed E-state index contributed by atoms with van der Waals surface area (Å²) in [5.41, 5.74) is 4.47. The largest absolute Gasteiger partial charge is 0.384 e. The average Bonchev–Trinajstić information content (AvgIpc) is 2.60. The van der Waals surface area contributed by atoms with E-state index in [1.165, 1.54) is 22.3 Å². The maximum absolute atomic E-state index is 11.7. The van der Waals surface area contributed by atoms with E-state index in [9.17, 15) is 5.11 Å². The normalized spacial score (nSPS) is 29.4. The molecule has 2 N–H and O–H groups in total. The Balaban J connectivity index is 2.12. The third-order valence-electron chi connectivity index (χ3n) is 5.72. The lowest BCUT2D eigenvalue weighted by atomic mass is 9.65. The van der Waals surface area contributed by atoms with E-state index in [-0.39, 0.29) is 5.41 Å². The molecule has 0 aromatic heterocycles. The molecule has 0 amide bonds. The van der Waals surface area contributed by atoms with Gasteiger partial charge in [-0.3, -0.25) is 0 Å². The second-order valence-electron chi connectivity index (χ2n) is 7.44. The van der Waals surface area contributed by atoms with Crippen molar-refractivity contribution in [2.45, 2.75) is 52.6 Å². The van der Waals surface area contributed by atoms with Crippen LogP contribution in [0.4, 0.5) is 0 Å². The Bertz CT molecular complexity index is 528. The highest BCUT2D eigenvalue weighted by atomic mass is 16.3. The first kappa shape index (κ1) is 14.1. The monoisotopic (exact) mass is 273 g/mol. The number of rotatable bonds is 1. The predicted octanol–water partition coefficient (Wildman–Crippen LogP) is 3.07. The number of aryl methyl sites for hydroxylation is 2. The summed E-state index contributed by atoms with van der Waals surface area (Å²) >= 11 is 0. The van der Waals surface area contributed by atoms with E-state index >= 15 is 0 Å². The molecule has 1 saturated heterocycles. The fourth-order valence-electron chi connectivity index (χ4n) is 4.36. The van der Waals surface area contributed by atoms with E-state index in [2.05, 4.69) is 45.1 Å². The van der Waals surface area contributed by atoms with Crippen LogP contribution in [0.2, 0.25) is 0 Å². The van der Waals surface area contributed by atoms with Crippen LogP contribution in [-0.2, 0) is 12.0 Å². The van der Waals surface area contributed by atoms with Crippen molar-refractivity contribution in [3.63, 3.8) is 0 Å². The third kappa shape index (κ3) is 1.85. The molecule has 0 bridgehead atoms. The Kier molecular flexibility index (Phi) is 3.22. The van der Waals surface area contributed by atoms with Crippen LogP contribution in [0, 0.1) is 25.2 Å². The molecule has 2 nitrogen and oxygen atoms in total. The summed E-state index contributed by atoms with van der Waals surface area (Å²) in [6, 6.07) is 4.55. The van der Waals surface area contributed by atoms with Crippen molar-refractivity contribution < 1.29 is 5.11 Å². The lowest BCUT2D eigenvalue weighted by Crippen LogP contribution is -2.48. The fraction of sp³-hybridized carbons (Fsp3) is 0.667. The minimum Gasteiger partial charge on any atom is -0.384 e. The van der Waals surface area contributed by atoms with Crippen molar-refractivity contribution in [1.82, 2.24) is 5.32 Å². The molecule has 0 saturated carbocycles. The topological polar surface area (TPSA) is 32.3 Å². The number of piperidine rings is 1. The molecule has 1 atom stereocenters. The van der Waals surface area contributed by atoms with Gasteiger partial charge in [0.1, 0.15) is 0 Å². The molecule has 0 spiro atoms. The predicted molar refractivity (Wildman–Crippen MR) is 82.9 cm³/mol. The smallest absolute Gasteiger partial charge is 0.0981 e. The highest BCUT2D eigenvalue weighted by Crippen LogP contribution is 2.56.